The molecular formula is C27H20O18. The predicted octanol–water partition coefficient (Wildman–Crippen LogP) is -0.625. The van der Waals surface area contributed by atoms with Crippen molar-refractivity contribution in [3.8, 4) is 74.0 Å². The molecule has 0 unspecified atom stereocenters. The molecule has 4 heterocycles. The second kappa shape index (κ2) is 9.58. The van der Waals surface area contributed by atoms with Gasteiger partial charge in [0.25, 0.3) is 0 Å². The van der Waals surface area contributed by atoms with E-state index in [0.717, 1.165) is 0 Å². The van der Waals surface area contributed by atoms with Crippen molar-refractivity contribution in [1.82, 2.24) is 0 Å². The number of phenols is 9. The lowest BCUT2D eigenvalue weighted by atomic mass is 9.80. The lowest BCUT2D eigenvalue weighted by molar-refractivity contribution is -0.152. The zero-order valence-corrected chi connectivity index (χ0v) is 22.0. The molecule has 0 amide bonds. The van der Waals surface area contributed by atoms with Gasteiger partial charge in [0, 0.05) is 27.8 Å². The Morgan fingerprint density at radius 1 is 0.533 bits per heavy atom. The minimum Gasteiger partial charge on any atom is -0.504 e. The SMILES string of the molecule is O=C1O[C@@H](CO)[C@@H](O)[C@H]2OC(=O)c3c(c(O)c(O)c(O)c3-c3c(O)c(O)c(O)c4c3C(=O)O[C@H]2[C@H]4O)-c2c1cc(O)c(O)c2O. The second-order valence-corrected chi connectivity index (χ2v) is 10.2. The Labute approximate surface area is 247 Å². The van der Waals surface area contributed by atoms with E-state index in [-0.39, 0.29) is 0 Å². The van der Waals surface area contributed by atoms with Crippen molar-refractivity contribution in [1.29, 1.82) is 0 Å². The Balaban J connectivity index is 1.94. The third kappa shape index (κ3) is 3.70. The first-order chi connectivity index (χ1) is 21.1. The van der Waals surface area contributed by atoms with E-state index < -0.39 is 151 Å². The number of aromatic hydroxyl groups is 9. The average Bonchev–Trinajstić information content (AvgIpc) is 3.01. The van der Waals surface area contributed by atoms with Gasteiger partial charge in [-0.15, -0.1) is 0 Å². The number of phenolic OH excluding ortho intramolecular Hbond substituents is 9. The maximum Gasteiger partial charge on any atom is 0.340 e. The lowest BCUT2D eigenvalue weighted by Crippen LogP contribution is -2.54. The van der Waals surface area contributed by atoms with Gasteiger partial charge in [-0.2, -0.15) is 0 Å². The molecule has 18 heteroatoms. The van der Waals surface area contributed by atoms with Crippen molar-refractivity contribution in [3.63, 3.8) is 0 Å². The highest BCUT2D eigenvalue weighted by atomic mass is 16.6. The molecule has 3 aromatic rings. The average molecular weight is 632 g/mol. The van der Waals surface area contributed by atoms with Crippen LogP contribution in [0.15, 0.2) is 6.07 Å². The summed E-state index contributed by atoms with van der Waals surface area (Å²) in [4.78, 5) is 40.9. The molecule has 4 aliphatic heterocycles. The zero-order valence-electron chi connectivity index (χ0n) is 22.0. The van der Waals surface area contributed by atoms with Crippen LogP contribution in [0, 0.1) is 0 Å². The van der Waals surface area contributed by atoms with Crippen LogP contribution in [0.1, 0.15) is 42.7 Å². The molecular weight excluding hydrogens is 612 g/mol. The summed E-state index contributed by atoms with van der Waals surface area (Å²) >= 11 is 0. The number of benzene rings is 3. The van der Waals surface area contributed by atoms with Gasteiger partial charge in [-0.05, 0) is 6.07 Å². The van der Waals surface area contributed by atoms with Gasteiger partial charge in [0.05, 0.1) is 23.3 Å². The topological polar surface area (TPSA) is 322 Å². The Bertz CT molecular complexity index is 1880. The number of carbonyl (C=O) groups is 3. The fourth-order valence-corrected chi connectivity index (χ4v) is 5.73. The molecule has 0 saturated carbocycles. The first-order valence-electron chi connectivity index (χ1n) is 12.6. The third-order valence-electron chi connectivity index (χ3n) is 7.84. The van der Waals surface area contributed by atoms with Gasteiger partial charge in [-0.3, -0.25) is 0 Å². The molecule has 0 aromatic heterocycles. The normalized spacial score (nSPS) is 23.4. The van der Waals surface area contributed by atoms with E-state index in [1.807, 2.05) is 0 Å². The number of hydrogen-bond donors (Lipinski definition) is 12. The molecule has 236 valence electrons. The Morgan fingerprint density at radius 3 is 1.62 bits per heavy atom. The highest BCUT2D eigenvalue weighted by Crippen LogP contribution is 2.61. The smallest absolute Gasteiger partial charge is 0.340 e. The molecule has 5 atom stereocenters. The summed E-state index contributed by atoms with van der Waals surface area (Å²) in [5.74, 6) is -17.7. The Morgan fingerprint density at radius 2 is 1.02 bits per heavy atom. The van der Waals surface area contributed by atoms with Crippen LogP contribution in [0.3, 0.4) is 0 Å². The van der Waals surface area contributed by atoms with E-state index in [0.29, 0.717) is 6.07 Å². The highest BCUT2D eigenvalue weighted by molar-refractivity contribution is 6.16. The van der Waals surface area contributed by atoms with Crippen molar-refractivity contribution in [2.45, 2.75) is 30.5 Å². The van der Waals surface area contributed by atoms with Crippen LogP contribution in [0.5, 0.6) is 51.7 Å². The summed E-state index contributed by atoms with van der Waals surface area (Å²) in [7, 11) is 0. The quantitative estimate of drug-likeness (QED) is 0.0902. The maximum absolute atomic E-state index is 14.0. The van der Waals surface area contributed by atoms with Crippen LogP contribution in [-0.4, -0.2) is 110 Å². The monoisotopic (exact) mass is 632 g/mol. The summed E-state index contributed by atoms with van der Waals surface area (Å²) in [6.45, 7) is -1.26. The Kier molecular flexibility index (Phi) is 6.22. The molecule has 12 N–H and O–H groups in total. The minimum absolute atomic E-state index is 0.462. The summed E-state index contributed by atoms with van der Waals surface area (Å²) in [6.07, 6.45) is -11.4. The molecule has 4 aliphatic rings. The largest absolute Gasteiger partial charge is 0.504 e. The number of aliphatic hydroxyl groups is 3. The van der Waals surface area contributed by atoms with Gasteiger partial charge >= 0.3 is 17.9 Å². The van der Waals surface area contributed by atoms with Crippen molar-refractivity contribution >= 4 is 17.9 Å². The van der Waals surface area contributed by atoms with Gasteiger partial charge in [-0.1, -0.05) is 0 Å². The lowest BCUT2D eigenvalue weighted by Gasteiger charge is -2.39. The van der Waals surface area contributed by atoms with E-state index in [1.165, 1.54) is 0 Å². The van der Waals surface area contributed by atoms with Crippen LogP contribution in [-0.2, 0) is 14.2 Å². The maximum atomic E-state index is 14.0. The number of aliphatic hydroxyl groups excluding tert-OH is 3. The number of carbonyl (C=O) groups excluding carboxylic acids is 3. The van der Waals surface area contributed by atoms with Gasteiger partial charge in [0.15, 0.2) is 52.8 Å². The van der Waals surface area contributed by atoms with Crippen LogP contribution in [0.4, 0.5) is 0 Å². The van der Waals surface area contributed by atoms with Crippen LogP contribution >= 0.6 is 0 Å². The van der Waals surface area contributed by atoms with Crippen LogP contribution in [0.2, 0.25) is 0 Å². The summed E-state index contributed by atoms with van der Waals surface area (Å²) in [5.41, 5.74) is -8.73. The summed E-state index contributed by atoms with van der Waals surface area (Å²) in [6, 6.07) is 0.462. The fourth-order valence-electron chi connectivity index (χ4n) is 5.73. The summed E-state index contributed by atoms with van der Waals surface area (Å²) in [5, 5.41) is 129. The van der Waals surface area contributed by atoms with Crippen molar-refractivity contribution in [2.24, 2.45) is 0 Å². The predicted molar refractivity (Wildman–Crippen MR) is 138 cm³/mol. The number of cyclic esters (lactones) is 1. The highest BCUT2D eigenvalue weighted by Gasteiger charge is 2.53. The van der Waals surface area contributed by atoms with E-state index in [1.54, 1.807) is 0 Å². The number of fused-ring (bicyclic) bond motifs is 3. The molecule has 7 rings (SSSR count). The first kappa shape index (κ1) is 29.2. The molecule has 0 aliphatic carbocycles. The molecule has 0 fully saturated rings. The number of rotatable bonds is 1. The zero-order chi connectivity index (χ0) is 33.0. The molecule has 6 bridgehead atoms. The fraction of sp³-hybridized carbons (Fsp3) is 0.222. The standard InChI is InChI=1S/C27H20O18/c28-2-5-14(31)23-24-20(37)12-11(27(42)45-24)9(18(35)22(39)19(12)36)8-10(26(41)44-23)7(16(33)21(38)17(8)34)6-3(25(40)43-5)1-4(29)13(30)15(6)32/h1,5,14,20,23-24,28-39H,2H2/t5-,14+,20-,23+,24-/m0/s1. The van der Waals surface area contributed by atoms with Gasteiger partial charge in [-0.25, -0.2) is 14.4 Å². The molecule has 0 spiro atoms. The van der Waals surface area contributed by atoms with E-state index in [9.17, 15) is 75.7 Å². The van der Waals surface area contributed by atoms with E-state index in [4.69, 9.17) is 14.2 Å². The number of esters is 3. The molecule has 45 heavy (non-hydrogen) atoms. The van der Waals surface area contributed by atoms with Gasteiger partial charge < -0.3 is 75.5 Å². The molecule has 3 aromatic carbocycles. The summed E-state index contributed by atoms with van der Waals surface area (Å²) < 4.78 is 15.7. The third-order valence-corrected chi connectivity index (χ3v) is 7.84. The van der Waals surface area contributed by atoms with Gasteiger partial charge in [0.1, 0.15) is 12.2 Å². The number of ether oxygens (including phenoxy) is 3. The van der Waals surface area contributed by atoms with Crippen molar-refractivity contribution in [3.05, 3.63) is 28.3 Å². The van der Waals surface area contributed by atoms with Crippen LogP contribution < -0.4 is 0 Å². The van der Waals surface area contributed by atoms with E-state index in [2.05, 4.69) is 0 Å². The van der Waals surface area contributed by atoms with Gasteiger partial charge in [0.2, 0.25) is 17.2 Å². The van der Waals surface area contributed by atoms with Crippen molar-refractivity contribution in [2.75, 3.05) is 6.61 Å². The molecule has 0 saturated heterocycles. The number of hydrogen-bond acceptors (Lipinski definition) is 18. The molecule has 0 radical (unpaired) electrons. The second-order valence-electron chi connectivity index (χ2n) is 10.2. The van der Waals surface area contributed by atoms with E-state index >= 15 is 0 Å². The minimum atomic E-state index is -2.41. The van der Waals surface area contributed by atoms with Crippen LogP contribution in [0.25, 0.3) is 22.3 Å². The Hall–Kier alpha value is -5.85. The first-order valence-corrected chi connectivity index (χ1v) is 12.6. The molecule has 18 nitrogen and oxygen atoms in total. The van der Waals surface area contributed by atoms with Crippen molar-refractivity contribution < 1.29 is 89.9 Å².